The van der Waals surface area contributed by atoms with E-state index in [1.807, 2.05) is 37.3 Å². The van der Waals surface area contributed by atoms with Gasteiger partial charge in [0.05, 0.1) is 18.5 Å². The summed E-state index contributed by atoms with van der Waals surface area (Å²) in [6, 6.07) is 9.63. The summed E-state index contributed by atoms with van der Waals surface area (Å²) in [5, 5.41) is 9.90. The molecule has 30 heavy (non-hydrogen) atoms. The Morgan fingerprint density at radius 2 is 1.83 bits per heavy atom. The first kappa shape index (κ1) is 22.0. The van der Waals surface area contributed by atoms with E-state index in [0.717, 1.165) is 5.56 Å². The van der Waals surface area contributed by atoms with Crippen molar-refractivity contribution in [2.45, 2.75) is 65.5 Å². The SMILES string of the molecule is CCOCn1cnc2c1c(=O)n(CCCCC(C)(C)O)c(=O)n2Cc1ccccc1. The van der Waals surface area contributed by atoms with Gasteiger partial charge in [0.1, 0.15) is 6.73 Å². The van der Waals surface area contributed by atoms with Crippen molar-refractivity contribution < 1.29 is 9.84 Å². The first-order valence-corrected chi connectivity index (χ1v) is 10.3. The lowest BCUT2D eigenvalue weighted by Gasteiger charge is -2.17. The van der Waals surface area contributed by atoms with Crippen LogP contribution in [0, 0.1) is 0 Å². The van der Waals surface area contributed by atoms with E-state index in [1.165, 1.54) is 4.57 Å². The van der Waals surface area contributed by atoms with Gasteiger partial charge in [0.15, 0.2) is 11.2 Å². The molecule has 3 aromatic rings. The Morgan fingerprint density at radius 1 is 1.10 bits per heavy atom. The van der Waals surface area contributed by atoms with Crippen LogP contribution in [-0.4, -0.2) is 36.0 Å². The molecule has 0 unspecified atom stereocenters. The van der Waals surface area contributed by atoms with Gasteiger partial charge in [-0.15, -0.1) is 0 Å². The predicted octanol–water partition coefficient (Wildman–Crippen LogP) is 2.34. The fourth-order valence-electron chi connectivity index (χ4n) is 3.46. The third kappa shape index (κ3) is 5.06. The molecule has 162 valence electrons. The van der Waals surface area contributed by atoms with Gasteiger partial charge in [0.25, 0.3) is 5.56 Å². The monoisotopic (exact) mass is 414 g/mol. The minimum Gasteiger partial charge on any atom is -0.390 e. The Kier molecular flexibility index (Phi) is 6.89. The molecule has 0 atom stereocenters. The van der Waals surface area contributed by atoms with Crippen molar-refractivity contribution in [1.82, 2.24) is 18.7 Å². The fourth-order valence-corrected chi connectivity index (χ4v) is 3.46. The molecule has 0 aliphatic heterocycles. The normalized spacial score (nSPS) is 12.0. The van der Waals surface area contributed by atoms with Crippen molar-refractivity contribution in [3.05, 3.63) is 63.1 Å². The molecular weight excluding hydrogens is 384 g/mol. The van der Waals surface area contributed by atoms with E-state index in [-0.39, 0.29) is 24.5 Å². The number of ether oxygens (including phenoxy) is 1. The zero-order valence-corrected chi connectivity index (χ0v) is 17.9. The summed E-state index contributed by atoms with van der Waals surface area (Å²) in [5.74, 6) is 0. The van der Waals surface area contributed by atoms with Gasteiger partial charge in [0.2, 0.25) is 0 Å². The summed E-state index contributed by atoms with van der Waals surface area (Å²) in [4.78, 5) is 30.8. The topological polar surface area (TPSA) is 91.3 Å². The second kappa shape index (κ2) is 9.40. The highest BCUT2D eigenvalue weighted by Crippen LogP contribution is 2.13. The Balaban J connectivity index is 2.03. The van der Waals surface area contributed by atoms with Crippen molar-refractivity contribution in [3.63, 3.8) is 0 Å². The summed E-state index contributed by atoms with van der Waals surface area (Å²) >= 11 is 0. The number of benzene rings is 1. The maximum absolute atomic E-state index is 13.2. The van der Waals surface area contributed by atoms with E-state index >= 15 is 0 Å². The van der Waals surface area contributed by atoms with E-state index in [1.54, 1.807) is 29.3 Å². The number of fused-ring (bicyclic) bond motifs is 1. The van der Waals surface area contributed by atoms with Crippen molar-refractivity contribution >= 4 is 11.2 Å². The Morgan fingerprint density at radius 3 is 2.50 bits per heavy atom. The third-order valence-electron chi connectivity index (χ3n) is 5.02. The molecule has 1 N–H and O–H groups in total. The molecule has 2 heterocycles. The highest BCUT2D eigenvalue weighted by Gasteiger charge is 2.19. The van der Waals surface area contributed by atoms with E-state index in [0.29, 0.717) is 43.6 Å². The molecule has 0 amide bonds. The van der Waals surface area contributed by atoms with Crippen LogP contribution >= 0.6 is 0 Å². The first-order valence-electron chi connectivity index (χ1n) is 10.3. The summed E-state index contributed by atoms with van der Waals surface area (Å²) < 4.78 is 9.94. The van der Waals surface area contributed by atoms with Crippen molar-refractivity contribution in [1.29, 1.82) is 0 Å². The van der Waals surface area contributed by atoms with Gasteiger partial charge in [-0.2, -0.15) is 0 Å². The molecular formula is C22H30N4O4. The molecule has 0 saturated heterocycles. The van der Waals surface area contributed by atoms with E-state index in [4.69, 9.17) is 4.74 Å². The van der Waals surface area contributed by atoms with Gasteiger partial charge in [-0.05, 0) is 45.6 Å². The predicted molar refractivity (Wildman–Crippen MR) is 116 cm³/mol. The quantitative estimate of drug-likeness (QED) is 0.514. The molecule has 1 aromatic carbocycles. The standard InChI is InChI=1S/C22H30N4O4/c1-4-30-16-24-15-23-19-18(24)20(27)25(13-9-8-12-22(2,3)29)21(28)26(19)14-17-10-6-5-7-11-17/h5-7,10-11,15,29H,4,8-9,12-14,16H2,1-3H3. The Labute approximate surface area is 175 Å². The molecule has 0 aliphatic rings. The van der Waals surface area contributed by atoms with E-state index < -0.39 is 5.60 Å². The minimum atomic E-state index is -0.765. The largest absolute Gasteiger partial charge is 0.390 e. The summed E-state index contributed by atoms with van der Waals surface area (Å²) in [7, 11) is 0. The number of hydrogen-bond donors (Lipinski definition) is 1. The van der Waals surface area contributed by atoms with Crippen LogP contribution in [-0.2, 0) is 24.6 Å². The number of rotatable bonds is 10. The second-order valence-electron chi connectivity index (χ2n) is 8.09. The lowest BCUT2D eigenvalue weighted by Crippen LogP contribution is -2.41. The van der Waals surface area contributed by atoms with Crippen LogP contribution in [0.1, 0.15) is 45.6 Å². The van der Waals surface area contributed by atoms with Crippen LogP contribution in [0.3, 0.4) is 0 Å². The Hall–Kier alpha value is -2.71. The summed E-state index contributed by atoms with van der Waals surface area (Å²) in [5.41, 5.74) is 0.176. The van der Waals surface area contributed by atoms with Crippen LogP contribution < -0.4 is 11.2 Å². The average molecular weight is 415 g/mol. The number of aliphatic hydroxyl groups is 1. The number of imidazole rings is 1. The highest BCUT2D eigenvalue weighted by atomic mass is 16.5. The van der Waals surface area contributed by atoms with Gasteiger partial charge in [-0.3, -0.25) is 13.9 Å². The molecule has 8 nitrogen and oxygen atoms in total. The maximum atomic E-state index is 13.2. The van der Waals surface area contributed by atoms with Crippen LogP contribution in [0.2, 0.25) is 0 Å². The molecule has 2 aromatic heterocycles. The first-order chi connectivity index (χ1) is 14.3. The van der Waals surface area contributed by atoms with Crippen molar-refractivity contribution in [2.24, 2.45) is 0 Å². The van der Waals surface area contributed by atoms with Crippen LogP contribution in [0.5, 0.6) is 0 Å². The lowest BCUT2D eigenvalue weighted by molar-refractivity contribution is 0.0678. The van der Waals surface area contributed by atoms with E-state index in [2.05, 4.69) is 4.98 Å². The molecule has 3 rings (SSSR count). The molecule has 8 heteroatoms. The average Bonchev–Trinajstić information content (AvgIpc) is 3.13. The summed E-state index contributed by atoms with van der Waals surface area (Å²) in [6.07, 6.45) is 3.48. The second-order valence-corrected chi connectivity index (χ2v) is 8.09. The Bertz CT molecular complexity index is 1090. The van der Waals surface area contributed by atoms with Crippen molar-refractivity contribution in [2.75, 3.05) is 6.61 Å². The molecule has 0 saturated carbocycles. The number of hydrogen-bond acceptors (Lipinski definition) is 5. The molecule has 0 bridgehead atoms. The van der Waals surface area contributed by atoms with Crippen LogP contribution in [0.4, 0.5) is 0 Å². The highest BCUT2D eigenvalue weighted by molar-refractivity contribution is 5.70. The van der Waals surface area contributed by atoms with Gasteiger partial charge in [0, 0.05) is 13.2 Å². The lowest BCUT2D eigenvalue weighted by atomic mass is 10.0. The number of nitrogens with zero attached hydrogens (tertiary/aromatic N) is 4. The summed E-state index contributed by atoms with van der Waals surface area (Å²) in [6.45, 7) is 6.71. The third-order valence-corrected chi connectivity index (χ3v) is 5.02. The zero-order chi connectivity index (χ0) is 21.7. The number of aromatic nitrogens is 4. The van der Waals surface area contributed by atoms with Crippen molar-refractivity contribution in [3.8, 4) is 0 Å². The fraction of sp³-hybridized carbons (Fsp3) is 0.500. The molecule has 0 aliphatic carbocycles. The minimum absolute atomic E-state index is 0.199. The molecule has 0 spiro atoms. The van der Waals surface area contributed by atoms with E-state index in [9.17, 15) is 14.7 Å². The van der Waals surface area contributed by atoms with Gasteiger partial charge in [-0.25, -0.2) is 9.78 Å². The maximum Gasteiger partial charge on any atom is 0.333 e. The van der Waals surface area contributed by atoms with Crippen LogP contribution in [0.15, 0.2) is 46.2 Å². The van der Waals surface area contributed by atoms with Gasteiger partial charge < -0.3 is 14.4 Å². The van der Waals surface area contributed by atoms with Gasteiger partial charge >= 0.3 is 5.69 Å². The zero-order valence-electron chi connectivity index (χ0n) is 17.9. The number of unbranched alkanes of at least 4 members (excludes halogenated alkanes) is 1. The smallest absolute Gasteiger partial charge is 0.333 e. The van der Waals surface area contributed by atoms with Gasteiger partial charge in [-0.1, -0.05) is 30.3 Å². The van der Waals surface area contributed by atoms with Crippen LogP contribution in [0.25, 0.3) is 11.2 Å². The molecule has 0 radical (unpaired) electrons. The molecule has 0 fully saturated rings.